The number of rotatable bonds is 1. The van der Waals surface area contributed by atoms with Crippen molar-refractivity contribution in [2.75, 3.05) is 11.9 Å². The van der Waals surface area contributed by atoms with Crippen molar-refractivity contribution in [1.29, 1.82) is 0 Å². The van der Waals surface area contributed by atoms with Crippen LogP contribution in [0.25, 0.3) is 11.0 Å². The third-order valence-corrected chi connectivity index (χ3v) is 5.74. The van der Waals surface area contributed by atoms with Crippen LogP contribution < -0.4 is 15.8 Å². The number of benzene rings is 1. The largest absolute Gasteiger partial charge is 0.340 e. The Morgan fingerprint density at radius 3 is 2.96 bits per heavy atom. The third-order valence-electron chi connectivity index (χ3n) is 5.74. The number of H-pyrrole nitrogens is 1. The molecule has 0 fully saturated rings. The Morgan fingerprint density at radius 1 is 1.29 bits per heavy atom. The zero-order valence-corrected chi connectivity index (χ0v) is 14.2. The number of aromatic amines is 1. The Bertz CT molecular complexity index is 923. The minimum atomic E-state index is -0.488. The topological polar surface area (TPSA) is 73.1 Å². The molecule has 0 spiro atoms. The molecular formula is C18H21N5O. The second-order valence-electron chi connectivity index (χ2n) is 7.56. The van der Waals surface area contributed by atoms with E-state index in [9.17, 15) is 4.79 Å². The number of fused-ring (bicyclic) bond motifs is 2. The summed E-state index contributed by atoms with van der Waals surface area (Å²) in [6, 6.07) is 4.25. The van der Waals surface area contributed by atoms with Gasteiger partial charge in [0.1, 0.15) is 11.9 Å². The molecule has 0 saturated carbocycles. The van der Waals surface area contributed by atoms with Crippen LogP contribution in [0.2, 0.25) is 0 Å². The van der Waals surface area contributed by atoms with Gasteiger partial charge in [-0.3, -0.25) is 4.79 Å². The third kappa shape index (κ3) is 1.64. The molecule has 6 nitrogen and oxygen atoms in total. The van der Waals surface area contributed by atoms with Crippen molar-refractivity contribution in [3.8, 4) is 0 Å². The smallest absolute Gasteiger partial charge is 0.236 e. The van der Waals surface area contributed by atoms with Crippen molar-refractivity contribution in [2.45, 2.75) is 44.6 Å². The lowest BCUT2D eigenvalue weighted by atomic mass is 9.86. The molecule has 1 aromatic carbocycles. The standard InChI is InChI=1S/C18H21N5O/c1-18(2)10-7-12-13(8-14(10)23(3)17(18)24)20-16(19-12)15-9-5-4-6-11(9)21-22-15/h7-8,15,21-22H,4-6H2,1-3H3,(H,19,20). The van der Waals surface area contributed by atoms with Gasteiger partial charge in [0, 0.05) is 18.4 Å². The van der Waals surface area contributed by atoms with E-state index in [0.717, 1.165) is 41.0 Å². The summed E-state index contributed by atoms with van der Waals surface area (Å²) in [5.41, 5.74) is 12.8. The maximum absolute atomic E-state index is 12.5. The lowest BCUT2D eigenvalue weighted by molar-refractivity contribution is -0.121. The molecule has 2 aromatic rings. The highest BCUT2D eigenvalue weighted by Gasteiger charge is 2.42. The number of imidazole rings is 1. The van der Waals surface area contributed by atoms with Crippen molar-refractivity contribution in [3.63, 3.8) is 0 Å². The first-order valence-electron chi connectivity index (χ1n) is 8.52. The highest BCUT2D eigenvalue weighted by atomic mass is 16.2. The van der Waals surface area contributed by atoms with Gasteiger partial charge in [-0.2, -0.15) is 0 Å². The Kier molecular flexibility index (Phi) is 2.57. The molecule has 0 radical (unpaired) electrons. The number of nitrogens with one attached hydrogen (secondary N) is 3. The van der Waals surface area contributed by atoms with Crippen LogP contribution in [0.15, 0.2) is 23.4 Å². The Labute approximate surface area is 140 Å². The van der Waals surface area contributed by atoms with Crippen LogP contribution in [0.3, 0.4) is 0 Å². The van der Waals surface area contributed by atoms with Crippen molar-refractivity contribution in [1.82, 2.24) is 20.8 Å². The fourth-order valence-corrected chi connectivity index (χ4v) is 4.33. The second kappa shape index (κ2) is 4.39. The Hall–Kier alpha value is -2.34. The molecule has 1 aromatic heterocycles. The van der Waals surface area contributed by atoms with E-state index in [-0.39, 0.29) is 11.9 Å². The summed E-state index contributed by atoms with van der Waals surface area (Å²) in [7, 11) is 1.84. The summed E-state index contributed by atoms with van der Waals surface area (Å²) in [6.07, 6.45) is 3.46. The molecule has 3 aliphatic rings. The highest BCUT2D eigenvalue weighted by molar-refractivity contribution is 6.09. The highest BCUT2D eigenvalue weighted by Crippen LogP contribution is 2.43. The van der Waals surface area contributed by atoms with Crippen LogP contribution in [0.1, 0.15) is 50.5 Å². The van der Waals surface area contributed by atoms with Crippen molar-refractivity contribution >= 4 is 22.6 Å². The van der Waals surface area contributed by atoms with Crippen LogP contribution in [-0.2, 0) is 10.2 Å². The normalized spacial score (nSPS) is 24.7. The molecule has 5 rings (SSSR count). The number of aromatic nitrogens is 2. The van der Waals surface area contributed by atoms with E-state index < -0.39 is 5.41 Å². The number of likely N-dealkylation sites (N-methyl/N-ethyl adjacent to an activating group) is 1. The number of carbonyl (C=O) groups is 1. The molecule has 124 valence electrons. The van der Waals surface area contributed by atoms with Crippen molar-refractivity contribution in [3.05, 3.63) is 34.8 Å². The number of amides is 1. The van der Waals surface area contributed by atoms with Gasteiger partial charge in [0.15, 0.2) is 0 Å². The Morgan fingerprint density at radius 2 is 2.12 bits per heavy atom. The molecule has 2 aliphatic heterocycles. The summed E-state index contributed by atoms with van der Waals surface area (Å²) in [5, 5.41) is 0. The van der Waals surface area contributed by atoms with Crippen LogP contribution in [0.4, 0.5) is 5.69 Å². The quantitative estimate of drug-likeness (QED) is 0.753. The molecular weight excluding hydrogens is 302 g/mol. The first-order valence-corrected chi connectivity index (χ1v) is 8.52. The zero-order valence-electron chi connectivity index (χ0n) is 14.2. The lowest BCUT2D eigenvalue weighted by Gasteiger charge is -2.16. The number of hydrazine groups is 1. The molecule has 0 saturated heterocycles. The van der Waals surface area contributed by atoms with Gasteiger partial charge in [0.25, 0.3) is 0 Å². The lowest BCUT2D eigenvalue weighted by Crippen LogP contribution is -2.33. The number of hydrogen-bond donors (Lipinski definition) is 3. The zero-order chi connectivity index (χ0) is 16.6. The maximum Gasteiger partial charge on any atom is 0.236 e. The van der Waals surface area contributed by atoms with Crippen LogP contribution >= 0.6 is 0 Å². The van der Waals surface area contributed by atoms with Gasteiger partial charge in [-0.15, -0.1) is 0 Å². The predicted octanol–water partition coefficient (Wildman–Crippen LogP) is 2.40. The van der Waals surface area contributed by atoms with Crippen LogP contribution in [0.5, 0.6) is 0 Å². The molecule has 3 N–H and O–H groups in total. The molecule has 1 amide bonds. The maximum atomic E-state index is 12.5. The first kappa shape index (κ1) is 14.0. The Balaban J connectivity index is 1.63. The molecule has 0 bridgehead atoms. The van der Waals surface area contributed by atoms with Crippen molar-refractivity contribution in [2.24, 2.45) is 0 Å². The van der Waals surface area contributed by atoms with Crippen LogP contribution in [0, 0.1) is 0 Å². The molecule has 1 aliphatic carbocycles. The van der Waals surface area contributed by atoms with Gasteiger partial charge in [0.05, 0.1) is 16.4 Å². The number of anilines is 1. The minimum absolute atomic E-state index is 0.122. The van der Waals surface area contributed by atoms with E-state index in [1.54, 1.807) is 4.90 Å². The van der Waals surface area contributed by atoms with E-state index in [1.807, 2.05) is 27.0 Å². The van der Waals surface area contributed by atoms with Gasteiger partial charge in [0.2, 0.25) is 5.91 Å². The van der Waals surface area contributed by atoms with Gasteiger partial charge in [-0.1, -0.05) is 0 Å². The van der Waals surface area contributed by atoms with E-state index in [2.05, 4.69) is 21.9 Å². The van der Waals surface area contributed by atoms with E-state index in [1.165, 1.54) is 17.7 Å². The summed E-state index contributed by atoms with van der Waals surface area (Å²) < 4.78 is 0. The number of carbonyl (C=O) groups excluding carboxylic acids is 1. The monoisotopic (exact) mass is 323 g/mol. The van der Waals surface area contributed by atoms with Gasteiger partial charge >= 0.3 is 0 Å². The average Bonchev–Trinajstić information content (AvgIpc) is 3.27. The number of hydrogen-bond acceptors (Lipinski definition) is 4. The summed E-state index contributed by atoms with van der Waals surface area (Å²) in [6.45, 7) is 3.97. The van der Waals surface area contributed by atoms with E-state index in [4.69, 9.17) is 4.98 Å². The van der Waals surface area contributed by atoms with E-state index in [0.29, 0.717) is 0 Å². The summed E-state index contributed by atoms with van der Waals surface area (Å²) in [4.78, 5) is 22.5. The minimum Gasteiger partial charge on any atom is -0.340 e. The second-order valence-corrected chi connectivity index (χ2v) is 7.56. The fraction of sp³-hybridized carbons (Fsp3) is 0.444. The van der Waals surface area contributed by atoms with E-state index >= 15 is 0 Å². The predicted molar refractivity (Wildman–Crippen MR) is 92.4 cm³/mol. The number of nitrogens with zero attached hydrogens (tertiary/aromatic N) is 2. The molecule has 24 heavy (non-hydrogen) atoms. The van der Waals surface area contributed by atoms with Crippen molar-refractivity contribution < 1.29 is 4.79 Å². The van der Waals surface area contributed by atoms with Gasteiger partial charge < -0.3 is 15.3 Å². The number of allylic oxidation sites excluding steroid dienone is 1. The van der Waals surface area contributed by atoms with Gasteiger partial charge in [-0.05, 0) is 56.4 Å². The molecule has 1 atom stereocenters. The average molecular weight is 323 g/mol. The summed E-state index contributed by atoms with van der Waals surface area (Å²) >= 11 is 0. The first-order chi connectivity index (χ1) is 11.5. The summed E-state index contributed by atoms with van der Waals surface area (Å²) in [5.74, 6) is 1.08. The molecule has 1 unspecified atom stereocenters. The molecule has 6 heteroatoms. The fourth-order valence-electron chi connectivity index (χ4n) is 4.33. The van der Waals surface area contributed by atoms with Crippen LogP contribution in [-0.4, -0.2) is 22.9 Å². The molecule has 3 heterocycles. The SMILES string of the molecule is CN1C(=O)C(C)(C)c2cc3[nH]c(C4NNC5=C4CCC5)nc3cc21. The van der Waals surface area contributed by atoms with Gasteiger partial charge in [-0.25, -0.2) is 10.4 Å².